The number of carbonyl (C=O) groups excluding carboxylic acids is 1. The molecule has 170 valence electrons. The average Bonchev–Trinajstić information content (AvgIpc) is 3.10. The number of rotatable bonds is 4. The van der Waals surface area contributed by atoms with Crippen LogP contribution in [0.3, 0.4) is 0 Å². The number of carbonyl (C=O) groups is 1. The summed E-state index contributed by atoms with van der Waals surface area (Å²) in [5, 5.41) is 8.16. The Morgan fingerprint density at radius 3 is 2.52 bits per heavy atom. The fourth-order valence-corrected chi connectivity index (χ4v) is 4.70. The molecule has 0 aliphatic heterocycles. The van der Waals surface area contributed by atoms with Gasteiger partial charge in [0, 0.05) is 11.1 Å². The summed E-state index contributed by atoms with van der Waals surface area (Å²) in [6.45, 7) is 2.34. The maximum atomic E-state index is 13.5. The van der Waals surface area contributed by atoms with Crippen LogP contribution < -0.4 is 10.9 Å². The zero-order valence-corrected chi connectivity index (χ0v) is 19.3. The van der Waals surface area contributed by atoms with Gasteiger partial charge in [0.15, 0.2) is 0 Å². The molecule has 0 radical (unpaired) electrons. The van der Waals surface area contributed by atoms with Crippen molar-refractivity contribution in [2.75, 3.05) is 0 Å². The number of benzene rings is 2. The fourth-order valence-electron chi connectivity index (χ4n) is 4.58. The van der Waals surface area contributed by atoms with Gasteiger partial charge in [-0.1, -0.05) is 55.5 Å². The van der Waals surface area contributed by atoms with E-state index in [1.54, 1.807) is 16.7 Å². The second-order valence-electron chi connectivity index (χ2n) is 8.84. The van der Waals surface area contributed by atoms with Crippen molar-refractivity contribution in [3.05, 3.63) is 74.8 Å². The molecule has 8 heteroatoms. The van der Waals surface area contributed by atoms with Crippen molar-refractivity contribution in [1.29, 1.82) is 0 Å². The quantitative estimate of drug-likeness (QED) is 0.451. The van der Waals surface area contributed by atoms with Gasteiger partial charge in [-0.05, 0) is 55.2 Å². The average molecular weight is 464 g/mol. The lowest BCUT2D eigenvalue weighted by molar-refractivity contribution is 0.0923. The van der Waals surface area contributed by atoms with Crippen molar-refractivity contribution in [2.24, 2.45) is 0 Å². The van der Waals surface area contributed by atoms with Gasteiger partial charge >= 0.3 is 0 Å². The van der Waals surface area contributed by atoms with Crippen LogP contribution in [0.5, 0.6) is 0 Å². The van der Waals surface area contributed by atoms with Crippen molar-refractivity contribution in [1.82, 2.24) is 24.5 Å². The molecule has 4 aromatic rings. The Kier molecular flexibility index (Phi) is 5.89. The van der Waals surface area contributed by atoms with Crippen molar-refractivity contribution in [3.8, 4) is 0 Å². The minimum atomic E-state index is -0.325. The second kappa shape index (κ2) is 8.98. The highest BCUT2D eigenvalue weighted by Crippen LogP contribution is 2.19. The normalized spacial score (nSPS) is 15.1. The highest BCUT2D eigenvalue weighted by Gasteiger charge is 2.22. The molecule has 1 aliphatic rings. The Hall–Kier alpha value is -3.19. The molecular formula is C25H26ClN5O2. The zero-order chi connectivity index (χ0) is 22.9. The lowest BCUT2D eigenvalue weighted by Gasteiger charge is -2.14. The lowest BCUT2D eigenvalue weighted by Crippen LogP contribution is -2.35. The molecule has 2 aromatic carbocycles. The van der Waals surface area contributed by atoms with Crippen LogP contribution in [0.25, 0.3) is 16.7 Å². The molecule has 33 heavy (non-hydrogen) atoms. The Morgan fingerprint density at radius 1 is 1.06 bits per heavy atom. The van der Waals surface area contributed by atoms with Crippen LogP contribution in [0.15, 0.2) is 47.3 Å². The lowest BCUT2D eigenvalue weighted by atomic mass is 10.1. The Bertz CT molecular complexity index is 1380. The summed E-state index contributed by atoms with van der Waals surface area (Å²) < 4.78 is 3.18. The Labute approximate surface area is 196 Å². The first-order valence-electron chi connectivity index (χ1n) is 11.4. The van der Waals surface area contributed by atoms with Crippen LogP contribution >= 0.6 is 11.6 Å². The Balaban J connectivity index is 1.58. The fraction of sp³-hybridized carbons (Fsp3) is 0.360. The predicted molar refractivity (Wildman–Crippen MR) is 129 cm³/mol. The van der Waals surface area contributed by atoms with Gasteiger partial charge in [-0.2, -0.15) is 4.98 Å². The molecule has 0 atom stereocenters. The number of aryl methyl sites for hydroxylation is 1. The molecule has 0 bridgehead atoms. The van der Waals surface area contributed by atoms with E-state index in [0.717, 1.165) is 47.8 Å². The van der Waals surface area contributed by atoms with Crippen molar-refractivity contribution in [3.63, 3.8) is 0 Å². The minimum absolute atomic E-state index is 0.0301. The summed E-state index contributed by atoms with van der Waals surface area (Å²) in [6, 6.07) is 13.4. The third-order valence-corrected chi connectivity index (χ3v) is 6.59. The van der Waals surface area contributed by atoms with Crippen molar-refractivity contribution >= 4 is 34.2 Å². The number of hydrogen-bond donors (Lipinski definition) is 1. The van der Waals surface area contributed by atoms with E-state index in [2.05, 4.69) is 15.4 Å². The van der Waals surface area contributed by atoms with Gasteiger partial charge in [0.25, 0.3) is 11.5 Å². The van der Waals surface area contributed by atoms with Gasteiger partial charge < -0.3 is 5.32 Å². The molecule has 5 rings (SSSR count). The summed E-state index contributed by atoms with van der Waals surface area (Å²) in [4.78, 5) is 30.8. The van der Waals surface area contributed by atoms with E-state index in [4.69, 9.17) is 11.6 Å². The molecule has 0 unspecified atom stereocenters. The molecule has 1 N–H and O–H groups in total. The monoisotopic (exact) mass is 463 g/mol. The van der Waals surface area contributed by atoms with E-state index in [1.165, 1.54) is 17.4 Å². The molecule has 0 saturated heterocycles. The number of nitrogens with zero attached hydrogens (tertiary/aromatic N) is 4. The molecular weight excluding hydrogens is 438 g/mol. The maximum Gasteiger partial charge on any atom is 0.296 e. The third-order valence-electron chi connectivity index (χ3n) is 6.34. The van der Waals surface area contributed by atoms with Crippen LogP contribution in [-0.2, 0) is 6.54 Å². The predicted octanol–water partition coefficient (Wildman–Crippen LogP) is 4.51. The van der Waals surface area contributed by atoms with E-state index in [9.17, 15) is 9.59 Å². The molecule has 1 amide bonds. The van der Waals surface area contributed by atoms with E-state index in [-0.39, 0.29) is 29.0 Å². The number of fused-ring (bicyclic) bond motifs is 3. The molecule has 1 fully saturated rings. The standard InChI is InChI=1S/C25H26ClN5O2/c1-16-8-13-20-21(14-16)30(15-17-9-11-18(26)12-10-17)25(33)23-28-22(29-31(20)23)24(32)27-19-6-4-2-3-5-7-19/h8-14,19H,2-7,15H2,1H3,(H,27,32). The van der Waals surface area contributed by atoms with E-state index in [1.807, 2.05) is 37.3 Å². The minimum Gasteiger partial charge on any atom is -0.347 e. The first-order valence-corrected chi connectivity index (χ1v) is 11.8. The molecule has 0 spiro atoms. The molecule has 2 aromatic heterocycles. The van der Waals surface area contributed by atoms with Crippen LogP contribution in [0.2, 0.25) is 5.02 Å². The SMILES string of the molecule is Cc1ccc2c(c1)n(Cc1ccc(Cl)cc1)c(=O)c1nc(C(=O)NC3CCCCCC3)nn12. The number of halogens is 1. The number of aromatic nitrogens is 4. The highest BCUT2D eigenvalue weighted by atomic mass is 35.5. The summed E-state index contributed by atoms with van der Waals surface area (Å²) in [6.07, 6.45) is 6.57. The topological polar surface area (TPSA) is 81.3 Å². The van der Waals surface area contributed by atoms with Gasteiger partial charge in [0.05, 0.1) is 17.6 Å². The van der Waals surface area contributed by atoms with Gasteiger partial charge in [0.2, 0.25) is 11.5 Å². The molecule has 7 nitrogen and oxygen atoms in total. The number of nitrogens with one attached hydrogen (secondary N) is 1. The first kappa shape index (κ1) is 21.6. The third kappa shape index (κ3) is 4.37. The second-order valence-corrected chi connectivity index (χ2v) is 9.28. The van der Waals surface area contributed by atoms with Gasteiger partial charge in [0.1, 0.15) is 0 Å². The first-order chi connectivity index (χ1) is 16.0. The largest absolute Gasteiger partial charge is 0.347 e. The summed E-state index contributed by atoms with van der Waals surface area (Å²) in [5.41, 5.74) is 3.29. The zero-order valence-electron chi connectivity index (χ0n) is 18.6. The van der Waals surface area contributed by atoms with Gasteiger partial charge in [-0.3, -0.25) is 14.2 Å². The van der Waals surface area contributed by atoms with E-state index in [0.29, 0.717) is 11.6 Å². The number of hydrogen-bond acceptors (Lipinski definition) is 4. The van der Waals surface area contributed by atoms with Crippen LogP contribution in [-0.4, -0.2) is 31.1 Å². The maximum absolute atomic E-state index is 13.5. The summed E-state index contributed by atoms with van der Waals surface area (Å²) in [7, 11) is 0. The van der Waals surface area contributed by atoms with Crippen molar-refractivity contribution in [2.45, 2.75) is 58.0 Å². The molecule has 2 heterocycles. The summed E-state index contributed by atoms with van der Waals surface area (Å²) >= 11 is 6.02. The Morgan fingerprint density at radius 2 is 1.79 bits per heavy atom. The summed E-state index contributed by atoms with van der Waals surface area (Å²) in [5.74, 6) is -0.294. The molecule has 1 aliphatic carbocycles. The van der Waals surface area contributed by atoms with Crippen molar-refractivity contribution < 1.29 is 4.79 Å². The highest BCUT2D eigenvalue weighted by molar-refractivity contribution is 6.30. The van der Waals surface area contributed by atoms with Gasteiger partial charge in [-0.15, -0.1) is 5.10 Å². The smallest absolute Gasteiger partial charge is 0.296 e. The van der Waals surface area contributed by atoms with Crippen LogP contribution in [0.1, 0.15) is 60.3 Å². The number of amides is 1. The van der Waals surface area contributed by atoms with Crippen LogP contribution in [0, 0.1) is 6.92 Å². The van der Waals surface area contributed by atoms with E-state index < -0.39 is 0 Å². The van der Waals surface area contributed by atoms with E-state index >= 15 is 0 Å². The molecule has 1 saturated carbocycles. The van der Waals surface area contributed by atoms with Gasteiger partial charge in [-0.25, -0.2) is 4.52 Å². The van der Waals surface area contributed by atoms with Crippen LogP contribution in [0.4, 0.5) is 0 Å².